The molecule has 13 nitrogen and oxygen atoms in total. The molecule has 0 fully saturated rings. The Morgan fingerprint density at radius 1 is 0.246 bits per heavy atom. The van der Waals surface area contributed by atoms with Crippen LogP contribution in [0, 0.1) is 0 Å². The Morgan fingerprint density at radius 2 is 0.689 bits per heavy atom. The van der Waals surface area contributed by atoms with E-state index in [0.717, 1.165) is 27.5 Å². The molecule has 1 heterocycles. The van der Waals surface area contributed by atoms with Crippen molar-refractivity contribution in [3.8, 4) is 114 Å². The zero-order chi connectivity index (χ0) is 42.8. The van der Waals surface area contributed by atoms with Gasteiger partial charge in [-0.25, -0.2) is 0 Å². The van der Waals surface area contributed by atoms with Gasteiger partial charge >= 0.3 is 0 Å². The Morgan fingerprint density at radius 3 is 1.38 bits per heavy atom. The monoisotopic (exact) mass is 814 g/mol. The molecule has 0 amide bonds. The smallest absolute Gasteiger partial charge is 0.208 e. The summed E-state index contributed by atoms with van der Waals surface area (Å²) in [6.07, 6.45) is 0. The molecule has 12 N–H and O–H groups in total. The van der Waals surface area contributed by atoms with Crippen molar-refractivity contribution in [3.05, 3.63) is 109 Å². The average molecular weight is 815 g/mol. The minimum Gasteiger partial charge on any atom is -0.504 e. The van der Waals surface area contributed by atoms with E-state index in [0.29, 0.717) is 32.9 Å². The molecule has 0 saturated carbocycles. The number of hydrogen-bond donors (Lipinski definition) is 12. The number of aromatic hydroxyl groups is 12. The fourth-order valence-corrected chi connectivity index (χ4v) is 8.52. The highest BCUT2D eigenvalue weighted by molar-refractivity contribution is 6.27. The van der Waals surface area contributed by atoms with Crippen LogP contribution in [0.1, 0.15) is 0 Å². The van der Waals surface area contributed by atoms with Gasteiger partial charge in [-0.2, -0.15) is 0 Å². The van der Waals surface area contributed by atoms with Crippen LogP contribution in [0.4, 0.5) is 0 Å². The van der Waals surface area contributed by atoms with Gasteiger partial charge < -0.3 is 65.7 Å². The second-order valence-electron chi connectivity index (χ2n) is 14.6. The minimum absolute atomic E-state index is 0.0229. The van der Waals surface area contributed by atoms with Gasteiger partial charge in [-0.3, -0.25) is 0 Å². The molecular weight excluding hydrogens is 785 g/mol. The first-order valence-corrected chi connectivity index (χ1v) is 18.5. The van der Waals surface area contributed by atoms with Crippen molar-refractivity contribution in [1.29, 1.82) is 0 Å². The van der Waals surface area contributed by atoms with Gasteiger partial charge in [0.2, 0.25) is 34.5 Å². The second kappa shape index (κ2) is 12.8. The third kappa shape index (κ3) is 5.01. The van der Waals surface area contributed by atoms with E-state index in [1.807, 2.05) is 66.7 Å². The minimum atomic E-state index is -1.20. The van der Waals surface area contributed by atoms with Crippen LogP contribution in [-0.2, 0) is 0 Å². The molecule has 0 spiro atoms. The Bertz CT molecular complexity index is 3530. The first-order valence-electron chi connectivity index (χ1n) is 18.5. The van der Waals surface area contributed by atoms with Crippen molar-refractivity contribution in [2.24, 2.45) is 0 Å². The van der Waals surface area contributed by atoms with E-state index in [4.69, 9.17) is 4.42 Å². The van der Waals surface area contributed by atoms with Crippen LogP contribution in [0.15, 0.2) is 114 Å². The quantitative estimate of drug-likeness (QED) is 0.0449. The lowest BCUT2D eigenvalue weighted by molar-refractivity contribution is 0.330. The maximum absolute atomic E-state index is 11.7. The van der Waals surface area contributed by atoms with Gasteiger partial charge in [0, 0.05) is 27.3 Å². The molecule has 0 radical (unpaired) electrons. The van der Waals surface area contributed by atoms with Gasteiger partial charge in [0.15, 0.2) is 34.5 Å². The van der Waals surface area contributed by atoms with Crippen LogP contribution in [0.2, 0.25) is 0 Å². The predicted octanol–water partition coefficient (Wildman–Crippen LogP) is 10.2. The van der Waals surface area contributed by atoms with E-state index in [1.165, 1.54) is 18.2 Å². The SMILES string of the molecule is Oc1c(O)c(O)c(-c2ccc3c(-c4c(O)c(O)c(O)c5c(O)c(O)c(O)c(O)c45)c4ccccc4c(-c4cccc(-c5ccc6oc7ccccc7c6c5)c4)c3c2)c(O)c1O. The van der Waals surface area contributed by atoms with Crippen LogP contribution < -0.4 is 0 Å². The average Bonchev–Trinajstić information content (AvgIpc) is 3.65. The molecule has 9 aromatic carbocycles. The van der Waals surface area contributed by atoms with Crippen molar-refractivity contribution < 1.29 is 65.7 Å². The zero-order valence-electron chi connectivity index (χ0n) is 31.2. The highest BCUT2D eigenvalue weighted by Crippen LogP contribution is 2.62. The highest BCUT2D eigenvalue weighted by atomic mass is 16.4. The van der Waals surface area contributed by atoms with Gasteiger partial charge in [0.05, 0.1) is 10.9 Å². The number of para-hydroxylation sites is 1. The van der Waals surface area contributed by atoms with Gasteiger partial charge in [0.1, 0.15) is 11.2 Å². The molecule has 0 aliphatic carbocycles. The number of hydrogen-bond acceptors (Lipinski definition) is 13. The van der Waals surface area contributed by atoms with E-state index in [2.05, 4.69) is 0 Å². The summed E-state index contributed by atoms with van der Waals surface area (Å²) in [6.45, 7) is 0. The number of rotatable bonds is 4. The molecule has 10 rings (SSSR count). The molecule has 13 heteroatoms. The molecular formula is C48H30O13. The van der Waals surface area contributed by atoms with Crippen molar-refractivity contribution in [2.75, 3.05) is 0 Å². The Balaban J connectivity index is 1.35. The van der Waals surface area contributed by atoms with E-state index < -0.39 is 85.3 Å². The maximum atomic E-state index is 11.7. The molecule has 1 aromatic heterocycles. The van der Waals surface area contributed by atoms with E-state index in [1.54, 1.807) is 24.3 Å². The summed E-state index contributed by atoms with van der Waals surface area (Å²) in [6, 6.07) is 32.3. The number of phenols is 12. The first-order chi connectivity index (χ1) is 29.3. The maximum Gasteiger partial charge on any atom is 0.208 e. The number of benzene rings is 9. The molecule has 61 heavy (non-hydrogen) atoms. The largest absolute Gasteiger partial charge is 0.504 e. The summed E-state index contributed by atoms with van der Waals surface area (Å²) >= 11 is 0. The summed E-state index contributed by atoms with van der Waals surface area (Å²) < 4.78 is 6.06. The Hall–Kier alpha value is -8.84. The Labute approximate surface area is 341 Å². The lowest BCUT2D eigenvalue weighted by Gasteiger charge is -2.22. The topological polar surface area (TPSA) is 256 Å². The van der Waals surface area contributed by atoms with Crippen LogP contribution in [0.25, 0.3) is 98.8 Å². The lowest BCUT2D eigenvalue weighted by Crippen LogP contribution is -1.95. The molecule has 0 aliphatic rings. The van der Waals surface area contributed by atoms with Crippen LogP contribution in [0.3, 0.4) is 0 Å². The molecule has 0 bridgehead atoms. The van der Waals surface area contributed by atoms with Gasteiger partial charge in [-0.15, -0.1) is 0 Å². The number of furan rings is 1. The van der Waals surface area contributed by atoms with Gasteiger partial charge in [0.25, 0.3) is 0 Å². The van der Waals surface area contributed by atoms with Crippen LogP contribution in [-0.4, -0.2) is 61.3 Å². The van der Waals surface area contributed by atoms with E-state index in [9.17, 15) is 61.3 Å². The Kier molecular flexibility index (Phi) is 7.68. The van der Waals surface area contributed by atoms with E-state index >= 15 is 0 Å². The van der Waals surface area contributed by atoms with Gasteiger partial charge in [-0.05, 0) is 79.7 Å². The molecule has 0 atom stereocenters. The van der Waals surface area contributed by atoms with Gasteiger partial charge in [-0.1, -0.05) is 78.9 Å². The highest BCUT2D eigenvalue weighted by Gasteiger charge is 2.32. The summed E-state index contributed by atoms with van der Waals surface area (Å²) in [5, 5.41) is 133. The van der Waals surface area contributed by atoms with Crippen molar-refractivity contribution in [2.45, 2.75) is 0 Å². The van der Waals surface area contributed by atoms with Crippen LogP contribution in [0.5, 0.6) is 69.0 Å². The predicted molar refractivity (Wildman–Crippen MR) is 228 cm³/mol. The molecule has 10 aromatic rings. The fraction of sp³-hybridized carbons (Fsp3) is 0. The normalized spacial score (nSPS) is 11.7. The number of phenolic OH excluding ortho intramolecular Hbond substituents is 12. The summed E-state index contributed by atoms with van der Waals surface area (Å²) in [5.41, 5.74) is 3.54. The fourth-order valence-electron chi connectivity index (χ4n) is 8.52. The third-order valence-corrected chi connectivity index (χ3v) is 11.4. The summed E-state index contributed by atoms with van der Waals surface area (Å²) in [5.74, 6) is -13.0. The van der Waals surface area contributed by atoms with Crippen LogP contribution >= 0.6 is 0 Å². The first kappa shape index (κ1) is 36.5. The van der Waals surface area contributed by atoms with Crippen molar-refractivity contribution >= 4 is 54.3 Å². The summed E-state index contributed by atoms with van der Waals surface area (Å²) in [4.78, 5) is 0. The van der Waals surface area contributed by atoms with E-state index in [-0.39, 0.29) is 22.1 Å². The molecule has 0 saturated heterocycles. The zero-order valence-corrected chi connectivity index (χ0v) is 31.2. The third-order valence-electron chi connectivity index (χ3n) is 11.4. The molecule has 300 valence electrons. The molecule has 0 unspecified atom stereocenters. The summed E-state index contributed by atoms with van der Waals surface area (Å²) in [7, 11) is 0. The standard InChI is InChI=1S/C48H30O13/c49-37-32(38(50)45(57)48(60)44(37)56)22-12-14-26-28(18-22)31(21-7-5-6-19(16-21)20-13-15-30-27(17-20)23-8-3-4-11-29(23)61-30)24-9-1-2-10-25(24)33(26)34-35-36(41(53)43(55)39(34)51)42(54)47(59)46(58)40(35)52/h1-18,49-60H. The second-order valence-corrected chi connectivity index (χ2v) is 14.6. The van der Waals surface area contributed by atoms with Crippen molar-refractivity contribution in [3.63, 3.8) is 0 Å². The van der Waals surface area contributed by atoms with Crippen molar-refractivity contribution in [1.82, 2.24) is 0 Å². The number of fused-ring (bicyclic) bond motifs is 6. The lowest BCUT2D eigenvalue weighted by atomic mass is 9.82. The molecule has 0 aliphatic heterocycles.